The maximum absolute atomic E-state index is 12.8. The van der Waals surface area contributed by atoms with Gasteiger partial charge in [-0.2, -0.15) is 0 Å². The summed E-state index contributed by atoms with van der Waals surface area (Å²) >= 11 is 0. The van der Waals surface area contributed by atoms with E-state index in [-0.39, 0.29) is 29.7 Å². The van der Waals surface area contributed by atoms with E-state index in [1.807, 2.05) is 42.2 Å². The van der Waals surface area contributed by atoms with Gasteiger partial charge in [-0.05, 0) is 31.2 Å². The molecule has 4 amide bonds. The third-order valence-electron chi connectivity index (χ3n) is 5.81. The third kappa shape index (κ3) is 3.31. The maximum atomic E-state index is 12.8. The summed E-state index contributed by atoms with van der Waals surface area (Å²) in [6.45, 7) is 4.74. The van der Waals surface area contributed by atoms with Gasteiger partial charge in [-0.3, -0.25) is 14.9 Å². The van der Waals surface area contributed by atoms with Crippen LogP contribution in [0.5, 0.6) is 0 Å². The van der Waals surface area contributed by atoms with Crippen molar-refractivity contribution >= 4 is 17.8 Å². The zero-order chi connectivity index (χ0) is 18.9. The summed E-state index contributed by atoms with van der Waals surface area (Å²) in [7, 11) is 0. The summed E-state index contributed by atoms with van der Waals surface area (Å²) in [4.78, 5) is 38.2. The Morgan fingerprint density at radius 1 is 1.23 bits per heavy atom. The van der Waals surface area contributed by atoms with E-state index in [1.165, 1.54) is 0 Å². The normalized spacial score (nSPS) is 26.2. The molecule has 0 bridgehead atoms. The van der Waals surface area contributed by atoms with Crippen LogP contribution in [-0.2, 0) is 9.59 Å². The standard InChI is InChI=1S/C19H26N4O3/c1-12(15(20)13-6-4-3-5-7-13)16(24)23-10-8-14(9-11-23)19(2)17(25)21-18(26)22-19/h3-7,12,14-15H,8-11,20H2,1-2H3,(H2,21,22,25,26). The van der Waals surface area contributed by atoms with E-state index in [0.717, 1.165) is 5.56 Å². The van der Waals surface area contributed by atoms with E-state index < -0.39 is 11.6 Å². The molecule has 2 saturated heterocycles. The molecule has 1 aromatic carbocycles. The van der Waals surface area contributed by atoms with Crippen LogP contribution >= 0.6 is 0 Å². The van der Waals surface area contributed by atoms with Crippen LogP contribution in [0.25, 0.3) is 0 Å². The molecule has 0 aliphatic carbocycles. The molecule has 2 heterocycles. The molecule has 0 spiro atoms. The van der Waals surface area contributed by atoms with Gasteiger partial charge in [0.2, 0.25) is 5.91 Å². The number of carbonyl (C=O) groups excluding carboxylic acids is 3. The third-order valence-corrected chi connectivity index (χ3v) is 5.81. The summed E-state index contributed by atoms with van der Waals surface area (Å²) in [5, 5.41) is 5.04. The monoisotopic (exact) mass is 358 g/mol. The average Bonchev–Trinajstić information content (AvgIpc) is 2.93. The Balaban J connectivity index is 1.60. The number of nitrogens with zero attached hydrogens (tertiary/aromatic N) is 1. The second-order valence-corrected chi connectivity index (χ2v) is 7.44. The van der Waals surface area contributed by atoms with Gasteiger partial charge in [0.25, 0.3) is 5.91 Å². The molecule has 4 N–H and O–H groups in total. The number of urea groups is 1. The molecule has 0 aromatic heterocycles. The van der Waals surface area contributed by atoms with Crippen molar-refractivity contribution in [1.29, 1.82) is 0 Å². The van der Waals surface area contributed by atoms with Crippen LogP contribution in [0.2, 0.25) is 0 Å². The lowest BCUT2D eigenvalue weighted by atomic mass is 9.78. The molecule has 3 atom stereocenters. The lowest BCUT2D eigenvalue weighted by molar-refractivity contribution is -0.137. The number of hydrogen-bond donors (Lipinski definition) is 3. The largest absolute Gasteiger partial charge is 0.342 e. The van der Waals surface area contributed by atoms with Crippen molar-refractivity contribution in [3.05, 3.63) is 35.9 Å². The molecule has 2 aliphatic rings. The average molecular weight is 358 g/mol. The minimum atomic E-state index is -0.891. The van der Waals surface area contributed by atoms with E-state index in [1.54, 1.807) is 6.92 Å². The van der Waals surface area contributed by atoms with Crippen LogP contribution in [-0.4, -0.2) is 41.4 Å². The van der Waals surface area contributed by atoms with E-state index >= 15 is 0 Å². The first-order valence-electron chi connectivity index (χ1n) is 9.06. The predicted molar refractivity (Wildman–Crippen MR) is 96.9 cm³/mol. The summed E-state index contributed by atoms with van der Waals surface area (Å²) in [6.07, 6.45) is 1.34. The fourth-order valence-corrected chi connectivity index (χ4v) is 3.93. The Morgan fingerprint density at radius 2 is 1.85 bits per heavy atom. The zero-order valence-corrected chi connectivity index (χ0v) is 15.2. The highest BCUT2D eigenvalue weighted by Gasteiger charge is 2.49. The van der Waals surface area contributed by atoms with Crippen molar-refractivity contribution < 1.29 is 14.4 Å². The van der Waals surface area contributed by atoms with E-state index in [9.17, 15) is 14.4 Å². The van der Waals surface area contributed by atoms with Gasteiger partial charge in [-0.1, -0.05) is 37.3 Å². The van der Waals surface area contributed by atoms with Crippen molar-refractivity contribution in [2.24, 2.45) is 17.6 Å². The molecule has 7 heteroatoms. The maximum Gasteiger partial charge on any atom is 0.322 e. The predicted octanol–water partition coefficient (Wildman–Crippen LogP) is 1.16. The van der Waals surface area contributed by atoms with Gasteiger partial charge in [0.05, 0.1) is 5.92 Å². The van der Waals surface area contributed by atoms with Gasteiger partial charge in [0.1, 0.15) is 5.54 Å². The van der Waals surface area contributed by atoms with Gasteiger partial charge >= 0.3 is 6.03 Å². The first-order valence-corrected chi connectivity index (χ1v) is 9.06. The fraction of sp³-hybridized carbons (Fsp3) is 0.526. The lowest BCUT2D eigenvalue weighted by Gasteiger charge is -2.39. The van der Waals surface area contributed by atoms with Crippen LogP contribution in [0.15, 0.2) is 30.3 Å². The second kappa shape index (κ2) is 7.07. The Morgan fingerprint density at radius 3 is 2.38 bits per heavy atom. The number of rotatable bonds is 4. The zero-order valence-electron chi connectivity index (χ0n) is 15.2. The smallest absolute Gasteiger partial charge is 0.322 e. The molecular weight excluding hydrogens is 332 g/mol. The SMILES string of the molecule is CC(C(=O)N1CCC(C2(C)NC(=O)NC2=O)CC1)C(N)c1ccccc1. The van der Waals surface area contributed by atoms with E-state index in [0.29, 0.717) is 25.9 Å². The molecule has 0 radical (unpaired) electrons. The lowest BCUT2D eigenvalue weighted by Crippen LogP contribution is -2.55. The Labute approximate surface area is 153 Å². The number of piperidine rings is 1. The first-order chi connectivity index (χ1) is 12.3. The molecule has 3 unspecified atom stereocenters. The van der Waals surface area contributed by atoms with Crippen LogP contribution in [0.3, 0.4) is 0 Å². The van der Waals surface area contributed by atoms with E-state index in [4.69, 9.17) is 5.73 Å². The number of likely N-dealkylation sites (tertiary alicyclic amines) is 1. The molecular formula is C19H26N4O3. The van der Waals surface area contributed by atoms with Gasteiger partial charge < -0.3 is 16.0 Å². The molecule has 3 rings (SSSR count). The number of hydrogen-bond acceptors (Lipinski definition) is 4. The topological polar surface area (TPSA) is 105 Å². The molecule has 2 fully saturated rings. The minimum Gasteiger partial charge on any atom is -0.342 e. The molecule has 2 aliphatic heterocycles. The number of amides is 4. The van der Waals surface area contributed by atoms with E-state index in [2.05, 4.69) is 10.6 Å². The Kier molecular flexibility index (Phi) is 5.00. The fourth-order valence-electron chi connectivity index (χ4n) is 3.93. The number of nitrogens with two attached hydrogens (primary N) is 1. The van der Waals surface area contributed by atoms with Gasteiger partial charge in [-0.15, -0.1) is 0 Å². The summed E-state index contributed by atoms with van der Waals surface area (Å²) in [5.74, 6) is -0.563. The molecule has 140 valence electrons. The number of nitrogens with one attached hydrogen (secondary N) is 2. The summed E-state index contributed by atoms with van der Waals surface area (Å²) in [6, 6.07) is 8.83. The Bertz CT molecular complexity index is 700. The number of imide groups is 1. The molecule has 7 nitrogen and oxygen atoms in total. The second-order valence-electron chi connectivity index (χ2n) is 7.44. The van der Waals surface area contributed by atoms with Crippen molar-refractivity contribution in [2.75, 3.05) is 13.1 Å². The van der Waals surface area contributed by atoms with Crippen LogP contribution in [0.1, 0.15) is 38.3 Å². The molecule has 0 saturated carbocycles. The highest BCUT2D eigenvalue weighted by Crippen LogP contribution is 2.32. The summed E-state index contributed by atoms with van der Waals surface area (Å²) < 4.78 is 0. The van der Waals surface area contributed by atoms with Gasteiger partial charge in [0, 0.05) is 19.1 Å². The van der Waals surface area contributed by atoms with Crippen molar-refractivity contribution in [1.82, 2.24) is 15.5 Å². The van der Waals surface area contributed by atoms with Crippen molar-refractivity contribution in [2.45, 2.75) is 38.3 Å². The van der Waals surface area contributed by atoms with Gasteiger partial charge in [0.15, 0.2) is 0 Å². The minimum absolute atomic E-state index is 0.0103. The quantitative estimate of drug-likeness (QED) is 0.703. The van der Waals surface area contributed by atoms with Gasteiger partial charge in [-0.25, -0.2) is 4.79 Å². The number of benzene rings is 1. The van der Waals surface area contributed by atoms with Crippen LogP contribution in [0.4, 0.5) is 4.79 Å². The first kappa shape index (κ1) is 18.4. The number of carbonyl (C=O) groups is 3. The van der Waals surface area contributed by atoms with Crippen LogP contribution < -0.4 is 16.4 Å². The van der Waals surface area contributed by atoms with Crippen molar-refractivity contribution in [3.63, 3.8) is 0 Å². The highest BCUT2D eigenvalue weighted by atomic mass is 16.2. The van der Waals surface area contributed by atoms with Crippen LogP contribution in [0, 0.1) is 11.8 Å². The molecule has 26 heavy (non-hydrogen) atoms. The highest BCUT2D eigenvalue weighted by molar-refractivity contribution is 6.07. The Hall–Kier alpha value is -2.41. The molecule has 1 aromatic rings. The summed E-state index contributed by atoms with van der Waals surface area (Å²) in [5.41, 5.74) is 6.33. The van der Waals surface area contributed by atoms with Crippen molar-refractivity contribution in [3.8, 4) is 0 Å².